The molecular weight excluding hydrogens is 244 g/mol. The van der Waals surface area contributed by atoms with Gasteiger partial charge in [-0.15, -0.1) is 0 Å². The van der Waals surface area contributed by atoms with Gasteiger partial charge in [-0.2, -0.15) is 0 Å². The van der Waals surface area contributed by atoms with E-state index in [1.54, 1.807) is 0 Å². The highest BCUT2D eigenvalue weighted by molar-refractivity contribution is 5.51. The third-order valence-electron chi connectivity index (χ3n) is 4.45. The van der Waals surface area contributed by atoms with Gasteiger partial charge in [-0.3, -0.25) is 4.90 Å². The first kappa shape index (κ1) is 13.2. The van der Waals surface area contributed by atoms with E-state index in [9.17, 15) is 0 Å². The fraction of sp³-hybridized carbons (Fsp3) is 0.333. The highest BCUT2D eigenvalue weighted by Gasteiger charge is 2.22. The van der Waals surface area contributed by atoms with Crippen LogP contribution in [0, 0.1) is 6.92 Å². The molecule has 0 fully saturated rings. The zero-order valence-corrected chi connectivity index (χ0v) is 12.3. The molecule has 3 rings (SSSR count). The average Bonchev–Trinajstić information content (AvgIpc) is 2.47. The van der Waals surface area contributed by atoms with Crippen LogP contribution >= 0.6 is 0 Å². The number of rotatable bonds is 2. The molecule has 0 saturated carbocycles. The first-order chi connectivity index (χ1) is 9.65. The van der Waals surface area contributed by atoms with Crippen LogP contribution in [0.5, 0.6) is 0 Å². The first-order valence-corrected chi connectivity index (χ1v) is 7.32. The zero-order valence-electron chi connectivity index (χ0n) is 12.3. The second-order valence-corrected chi connectivity index (χ2v) is 5.79. The lowest BCUT2D eigenvalue weighted by molar-refractivity contribution is 0.192. The summed E-state index contributed by atoms with van der Waals surface area (Å²) in [6.45, 7) is 6.48. The Bertz CT molecular complexity index is 601. The SMILES string of the molecule is Cc1ccc(C(C)N2CCc3cccc(N)c3C2)cc1. The summed E-state index contributed by atoms with van der Waals surface area (Å²) in [5, 5.41) is 0. The molecule has 2 heteroatoms. The van der Waals surface area contributed by atoms with Gasteiger partial charge in [-0.05, 0) is 43.0 Å². The maximum absolute atomic E-state index is 6.14. The van der Waals surface area contributed by atoms with E-state index < -0.39 is 0 Å². The second kappa shape index (κ2) is 5.29. The lowest BCUT2D eigenvalue weighted by Gasteiger charge is -2.34. The van der Waals surface area contributed by atoms with Gasteiger partial charge >= 0.3 is 0 Å². The zero-order chi connectivity index (χ0) is 14.1. The van der Waals surface area contributed by atoms with E-state index in [4.69, 9.17) is 5.73 Å². The molecule has 2 nitrogen and oxygen atoms in total. The van der Waals surface area contributed by atoms with Crippen molar-refractivity contribution in [2.45, 2.75) is 32.9 Å². The van der Waals surface area contributed by atoms with Crippen LogP contribution in [-0.4, -0.2) is 11.4 Å². The van der Waals surface area contributed by atoms with Crippen LogP contribution in [0.25, 0.3) is 0 Å². The topological polar surface area (TPSA) is 29.3 Å². The molecule has 0 saturated heterocycles. The Labute approximate surface area is 121 Å². The molecule has 0 bridgehead atoms. The number of aryl methyl sites for hydroxylation is 1. The summed E-state index contributed by atoms with van der Waals surface area (Å²) in [6.07, 6.45) is 1.09. The van der Waals surface area contributed by atoms with Crippen molar-refractivity contribution in [1.82, 2.24) is 4.90 Å². The maximum atomic E-state index is 6.14. The minimum Gasteiger partial charge on any atom is -0.398 e. The van der Waals surface area contributed by atoms with E-state index in [-0.39, 0.29) is 0 Å². The standard InChI is InChI=1S/C18H22N2/c1-13-6-8-15(9-7-13)14(2)20-11-10-16-4-3-5-18(19)17(16)12-20/h3-9,14H,10-12,19H2,1-2H3. The average molecular weight is 266 g/mol. The Kier molecular flexibility index (Phi) is 3.49. The van der Waals surface area contributed by atoms with Crippen LogP contribution < -0.4 is 5.73 Å². The monoisotopic (exact) mass is 266 g/mol. The molecule has 1 unspecified atom stereocenters. The van der Waals surface area contributed by atoms with Gasteiger partial charge in [-0.25, -0.2) is 0 Å². The Morgan fingerprint density at radius 2 is 1.85 bits per heavy atom. The van der Waals surface area contributed by atoms with Crippen molar-refractivity contribution in [3.63, 3.8) is 0 Å². The van der Waals surface area contributed by atoms with Crippen molar-refractivity contribution >= 4 is 5.69 Å². The molecule has 1 aliphatic heterocycles. The highest BCUT2D eigenvalue weighted by atomic mass is 15.2. The quantitative estimate of drug-likeness (QED) is 0.840. The maximum Gasteiger partial charge on any atom is 0.0362 e. The van der Waals surface area contributed by atoms with Crippen LogP contribution in [-0.2, 0) is 13.0 Å². The van der Waals surface area contributed by atoms with E-state index in [1.807, 2.05) is 6.07 Å². The van der Waals surface area contributed by atoms with Gasteiger partial charge < -0.3 is 5.73 Å². The van der Waals surface area contributed by atoms with Gasteiger partial charge in [0.25, 0.3) is 0 Å². The molecule has 0 aliphatic carbocycles. The van der Waals surface area contributed by atoms with Crippen LogP contribution in [0.3, 0.4) is 0 Å². The molecule has 1 aliphatic rings. The summed E-state index contributed by atoms with van der Waals surface area (Å²) in [6, 6.07) is 15.6. The number of fused-ring (bicyclic) bond motifs is 1. The van der Waals surface area contributed by atoms with Crippen molar-refractivity contribution in [2.75, 3.05) is 12.3 Å². The molecule has 1 heterocycles. The smallest absolute Gasteiger partial charge is 0.0362 e. The van der Waals surface area contributed by atoms with Crippen LogP contribution in [0.4, 0.5) is 5.69 Å². The van der Waals surface area contributed by atoms with Gasteiger partial charge in [0, 0.05) is 24.8 Å². The van der Waals surface area contributed by atoms with Crippen molar-refractivity contribution in [2.24, 2.45) is 0 Å². The summed E-state index contributed by atoms with van der Waals surface area (Å²) in [4.78, 5) is 2.52. The molecule has 20 heavy (non-hydrogen) atoms. The highest BCUT2D eigenvalue weighted by Crippen LogP contribution is 2.30. The van der Waals surface area contributed by atoms with Crippen LogP contribution in [0.15, 0.2) is 42.5 Å². The predicted molar refractivity (Wildman–Crippen MR) is 84.6 cm³/mol. The van der Waals surface area contributed by atoms with E-state index in [1.165, 1.54) is 22.3 Å². The van der Waals surface area contributed by atoms with Crippen molar-refractivity contribution in [3.05, 3.63) is 64.7 Å². The second-order valence-electron chi connectivity index (χ2n) is 5.79. The molecule has 104 valence electrons. The van der Waals surface area contributed by atoms with Gasteiger partial charge in [0.05, 0.1) is 0 Å². The summed E-state index contributed by atoms with van der Waals surface area (Å²) in [5.41, 5.74) is 12.5. The molecule has 0 aromatic heterocycles. The Morgan fingerprint density at radius 3 is 2.60 bits per heavy atom. The largest absolute Gasteiger partial charge is 0.398 e. The molecule has 2 aromatic rings. The van der Waals surface area contributed by atoms with E-state index in [0.29, 0.717) is 6.04 Å². The summed E-state index contributed by atoms with van der Waals surface area (Å²) in [5.74, 6) is 0. The Balaban J connectivity index is 1.83. The number of hydrogen-bond acceptors (Lipinski definition) is 2. The number of benzene rings is 2. The number of nitrogens with two attached hydrogens (primary N) is 1. The van der Waals surface area contributed by atoms with E-state index >= 15 is 0 Å². The lowest BCUT2D eigenvalue weighted by Crippen LogP contribution is -2.33. The molecular formula is C18H22N2. The lowest BCUT2D eigenvalue weighted by atomic mass is 9.95. The summed E-state index contributed by atoms with van der Waals surface area (Å²) in [7, 11) is 0. The summed E-state index contributed by atoms with van der Waals surface area (Å²) >= 11 is 0. The van der Waals surface area contributed by atoms with Crippen molar-refractivity contribution in [3.8, 4) is 0 Å². The Morgan fingerprint density at radius 1 is 1.10 bits per heavy atom. The van der Waals surface area contributed by atoms with E-state index in [0.717, 1.165) is 25.2 Å². The molecule has 1 atom stereocenters. The number of hydrogen-bond donors (Lipinski definition) is 1. The number of nitrogens with zero attached hydrogens (tertiary/aromatic N) is 1. The normalized spacial score (nSPS) is 16.7. The van der Waals surface area contributed by atoms with Crippen LogP contribution in [0.1, 0.15) is 35.2 Å². The molecule has 2 aromatic carbocycles. The molecule has 2 N–H and O–H groups in total. The molecule has 0 radical (unpaired) electrons. The van der Waals surface area contributed by atoms with Gasteiger partial charge in [0.2, 0.25) is 0 Å². The van der Waals surface area contributed by atoms with Crippen molar-refractivity contribution < 1.29 is 0 Å². The minimum absolute atomic E-state index is 0.434. The predicted octanol–water partition coefficient (Wildman–Crippen LogP) is 3.70. The Hall–Kier alpha value is -1.80. The van der Waals surface area contributed by atoms with Crippen LogP contribution in [0.2, 0.25) is 0 Å². The van der Waals surface area contributed by atoms with Crippen molar-refractivity contribution in [1.29, 1.82) is 0 Å². The molecule has 0 spiro atoms. The first-order valence-electron chi connectivity index (χ1n) is 7.32. The fourth-order valence-electron chi connectivity index (χ4n) is 3.01. The third kappa shape index (κ3) is 2.44. The van der Waals surface area contributed by atoms with E-state index in [2.05, 4.69) is 55.1 Å². The molecule has 0 amide bonds. The van der Waals surface area contributed by atoms with Gasteiger partial charge in [0.1, 0.15) is 0 Å². The number of nitrogen functional groups attached to an aromatic ring is 1. The minimum atomic E-state index is 0.434. The summed E-state index contributed by atoms with van der Waals surface area (Å²) < 4.78 is 0. The third-order valence-corrected chi connectivity index (χ3v) is 4.45. The van der Waals surface area contributed by atoms with Gasteiger partial charge in [-0.1, -0.05) is 42.0 Å². The number of anilines is 1. The van der Waals surface area contributed by atoms with Gasteiger partial charge in [0.15, 0.2) is 0 Å². The fourth-order valence-corrected chi connectivity index (χ4v) is 3.01.